The van der Waals surface area contributed by atoms with Gasteiger partial charge in [-0.25, -0.2) is 0 Å². The van der Waals surface area contributed by atoms with Gasteiger partial charge in [-0.05, 0) is 29.2 Å². The van der Waals surface area contributed by atoms with Crippen LogP contribution >= 0.6 is 0 Å². The number of likely N-dealkylation sites (tertiary alicyclic amines) is 1. The van der Waals surface area contributed by atoms with Gasteiger partial charge in [0.1, 0.15) is 0 Å². The summed E-state index contributed by atoms with van der Waals surface area (Å²) >= 11 is 0. The molecule has 6 nitrogen and oxygen atoms in total. The Morgan fingerprint density at radius 2 is 1.58 bits per heavy atom. The fourth-order valence-electron chi connectivity index (χ4n) is 6.30. The number of hydrogen-bond acceptors (Lipinski definition) is 4. The van der Waals surface area contributed by atoms with Crippen LogP contribution in [-0.2, 0) is 20.1 Å². The van der Waals surface area contributed by atoms with Crippen molar-refractivity contribution in [3.63, 3.8) is 0 Å². The Kier molecular flexibility index (Phi) is 5.86. The molecule has 0 bridgehead atoms. The standard InChI is InChI=1S/C30H30N2O4/c33-19-26(21-8-3-1-4-9-21)31-25(14-15-28(31)34)23-12-7-13-24(18-23)30-17-16-29(35)32(30)27(20-36-30)22-10-5-2-6-11-22/h1-13,18,25-27,33H,14-17,19-20H2/t25-,26-,27-,30+/m0/s1. The Labute approximate surface area is 211 Å². The van der Waals surface area contributed by atoms with Crippen LogP contribution in [0.3, 0.4) is 0 Å². The van der Waals surface area contributed by atoms with Crippen molar-refractivity contribution in [1.29, 1.82) is 0 Å². The second-order valence-corrected chi connectivity index (χ2v) is 9.88. The Bertz CT molecular complexity index is 1260. The van der Waals surface area contributed by atoms with E-state index in [1.54, 1.807) is 0 Å². The fourth-order valence-corrected chi connectivity index (χ4v) is 6.30. The van der Waals surface area contributed by atoms with Crippen LogP contribution in [0.15, 0.2) is 84.9 Å². The summed E-state index contributed by atoms with van der Waals surface area (Å²) in [6.07, 6.45) is 2.19. The van der Waals surface area contributed by atoms with Crippen molar-refractivity contribution in [2.45, 2.75) is 49.5 Å². The molecule has 0 saturated carbocycles. The predicted octanol–water partition coefficient (Wildman–Crippen LogP) is 4.63. The van der Waals surface area contributed by atoms with E-state index in [0.717, 1.165) is 22.3 Å². The first-order valence-corrected chi connectivity index (χ1v) is 12.7. The molecule has 36 heavy (non-hydrogen) atoms. The minimum absolute atomic E-state index is 0.0467. The number of nitrogens with zero attached hydrogens (tertiary/aromatic N) is 2. The van der Waals surface area contributed by atoms with Gasteiger partial charge in [0.15, 0.2) is 5.72 Å². The highest BCUT2D eigenvalue weighted by atomic mass is 16.5. The van der Waals surface area contributed by atoms with E-state index in [9.17, 15) is 14.7 Å². The molecule has 3 aliphatic heterocycles. The first kappa shape index (κ1) is 23.0. The smallest absolute Gasteiger partial charge is 0.225 e. The van der Waals surface area contributed by atoms with Crippen molar-refractivity contribution >= 4 is 11.8 Å². The molecule has 184 valence electrons. The third-order valence-electron chi connectivity index (χ3n) is 7.98. The average molecular weight is 483 g/mol. The van der Waals surface area contributed by atoms with Crippen LogP contribution in [0.25, 0.3) is 0 Å². The summed E-state index contributed by atoms with van der Waals surface area (Å²) in [6.45, 7) is 0.314. The summed E-state index contributed by atoms with van der Waals surface area (Å²) in [5.74, 6) is 0.152. The maximum Gasteiger partial charge on any atom is 0.225 e. The number of rotatable bonds is 6. The molecule has 3 saturated heterocycles. The molecule has 6 heteroatoms. The lowest BCUT2D eigenvalue weighted by Gasteiger charge is -2.36. The lowest BCUT2D eigenvalue weighted by atomic mass is 9.93. The summed E-state index contributed by atoms with van der Waals surface area (Å²) in [4.78, 5) is 29.9. The number of carbonyl (C=O) groups excluding carboxylic acids is 2. The summed E-state index contributed by atoms with van der Waals surface area (Å²) in [5.41, 5.74) is 3.16. The van der Waals surface area contributed by atoms with E-state index in [1.807, 2.05) is 88.7 Å². The Morgan fingerprint density at radius 3 is 2.33 bits per heavy atom. The largest absolute Gasteiger partial charge is 0.394 e. The molecule has 6 rings (SSSR count). The van der Waals surface area contributed by atoms with E-state index >= 15 is 0 Å². The van der Waals surface area contributed by atoms with Crippen molar-refractivity contribution in [1.82, 2.24) is 9.80 Å². The number of aliphatic hydroxyl groups is 1. The van der Waals surface area contributed by atoms with E-state index in [1.165, 1.54) is 0 Å². The number of fused-ring (bicyclic) bond motifs is 1. The van der Waals surface area contributed by atoms with Crippen molar-refractivity contribution in [3.05, 3.63) is 107 Å². The fraction of sp³-hybridized carbons (Fsp3) is 0.333. The SMILES string of the molecule is O=C1CC[C@@H](c2cccc([C@]34CCC(=O)N3[C@H](c3ccccc3)CO4)c2)N1[C@@H](CO)c1ccccc1. The van der Waals surface area contributed by atoms with Gasteiger partial charge in [-0.2, -0.15) is 0 Å². The number of carbonyl (C=O) groups is 2. The molecule has 0 spiro atoms. The Hall–Kier alpha value is -3.48. The Morgan fingerprint density at radius 1 is 0.861 bits per heavy atom. The van der Waals surface area contributed by atoms with Crippen molar-refractivity contribution < 1.29 is 19.4 Å². The second kappa shape index (κ2) is 9.19. The van der Waals surface area contributed by atoms with Crippen LogP contribution < -0.4 is 0 Å². The number of amides is 2. The van der Waals surface area contributed by atoms with E-state index in [4.69, 9.17) is 4.74 Å². The molecule has 2 amide bonds. The molecule has 0 aromatic heterocycles. The number of aliphatic hydroxyl groups excluding tert-OH is 1. The van der Waals surface area contributed by atoms with E-state index in [2.05, 4.69) is 6.07 Å². The van der Waals surface area contributed by atoms with Crippen LogP contribution in [0.5, 0.6) is 0 Å². The molecule has 0 unspecified atom stereocenters. The average Bonchev–Trinajstić information content (AvgIpc) is 3.60. The molecular formula is C30H30N2O4. The summed E-state index contributed by atoms with van der Waals surface area (Å²) in [5, 5.41) is 10.3. The van der Waals surface area contributed by atoms with E-state index in [-0.39, 0.29) is 30.5 Å². The van der Waals surface area contributed by atoms with Crippen LogP contribution in [-0.4, -0.2) is 39.9 Å². The highest BCUT2D eigenvalue weighted by Crippen LogP contribution is 2.51. The minimum atomic E-state index is -0.795. The molecule has 3 aromatic rings. The van der Waals surface area contributed by atoms with Gasteiger partial charge >= 0.3 is 0 Å². The van der Waals surface area contributed by atoms with Gasteiger partial charge in [-0.15, -0.1) is 0 Å². The first-order valence-electron chi connectivity index (χ1n) is 12.7. The van der Waals surface area contributed by atoms with Crippen LogP contribution in [0.2, 0.25) is 0 Å². The molecule has 3 fully saturated rings. The van der Waals surface area contributed by atoms with Crippen LogP contribution in [0.1, 0.15) is 66.1 Å². The van der Waals surface area contributed by atoms with Gasteiger partial charge in [0, 0.05) is 24.8 Å². The molecule has 3 aromatic carbocycles. The maximum absolute atomic E-state index is 13.1. The van der Waals surface area contributed by atoms with Crippen LogP contribution in [0, 0.1) is 0 Å². The van der Waals surface area contributed by atoms with Crippen molar-refractivity contribution in [3.8, 4) is 0 Å². The van der Waals surface area contributed by atoms with E-state index < -0.39 is 11.8 Å². The predicted molar refractivity (Wildman–Crippen MR) is 134 cm³/mol. The van der Waals surface area contributed by atoms with E-state index in [0.29, 0.717) is 32.3 Å². The van der Waals surface area contributed by atoms with Gasteiger partial charge in [0.2, 0.25) is 11.8 Å². The summed E-state index contributed by atoms with van der Waals surface area (Å²) in [6, 6.07) is 27.3. The van der Waals surface area contributed by atoms with Crippen LogP contribution in [0.4, 0.5) is 0 Å². The molecule has 0 radical (unpaired) electrons. The zero-order chi connectivity index (χ0) is 24.7. The zero-order valence-electron chi connectivity index (χ0n) is 20.1. The molecule has 3 aliphatic rings. The molecule has 0 aliphatic carbocycles. The molecule has 3 heterocycles. The topological polar surface area (TPSA) is 70.1 Å². The zero-order valence-corrected chi connectivity index (χ0v) is 20.1. The highest BCUT2D eigenvalue weighted by Gasteiger charge is 2.56. The monoisotopic (exact) mass is 482 g/mol. The van der Waals surface area contributed by atoms with Gasteiger partial charge in [-0.3, -0.25) is 9.59 Å². The maximum atomic E-state index is 13.1. The van der Waals surface area contributed by atoms with Gasteiger partial charge in [0.25, 0.3) is 0 Å². The highest BCUT2D eigenvalue weighted by molar-refractivity contribution is 5.81. The number of benzene rings is 3. The molecule has 1 N–H and O–H groups in total. The van der Waals surface area contributed by atoms with Gasteiger partial charge in [-0.1, -0.05) is 78.9 Å². The Balaban J connectivity index is 1.35. The summed E-state index contributed by atoms with van der Waals surface area (Å²) < 4.78 is 6.48. The quantitative estimate of drug-likeness (QED) is 0.556. The molecule has 4 atom stereocenters. The number of hydrogen-bond donors (Lipinski definition) is 1. The first-order chi connectivity index (χ1) is 17.6. The minimum Gasteiger partial charge on any atom is -0.394 e. The second-order valence-electron chi connectivity index (χ2n) is 9.88. The lowest BCUT2D eigenvalue weighted by Crippen LogP contribution is -2.40. The van der Waals surface area contributed by atoms with Gasteiger partial charge < -0.3 is 19.6 Å². The van der Waals surface area contributed by atoms with Gasteiger partial charge in [0.05, 0.1) is 31.3 Å². The molecular weight excluding hydrogens is 452 g/mol. The van der Waals surface area contributed by atoms with Crippen molar-refractivity contribution in [2.75, 3.05) is 13.2 Å². The number of ether oxygens (including phenoxy) is 1. The summed E-state index contributed by atoms with van der Waals surface area (Å²) in [7, 11) is 0. The third kappa shape index (κ3) is 3.64. The third-order valence-corrected chi connectivity index (χ3v) is 7.98. The van der Waals surface area contributed by atoms with Crippen molar-refractivity contribution in [2.24, 2.45) is 0 Å². The normalized spacial score (nSPS) is 26.5. The lowest BCUT2D eigenvalue weighted by molar-refractivity contribution is -0.140.